The van der Waals surface area contributed by atoms with Crippen LogP contribution in [0.5, 0.6) is 0 Å². The van der Waals surface area contributed by atoms with Gasteiger partial charge in [-0.05, 0) is 54.8 Å². The summed E-state index contributed by atoms with van der Waals surface area (Å²) in [4.78, 5) is 9.19. The maximum Gasteiger partial charge on any atom is 0.179 e. The van der Waals surface area contributed by atoms with Crippen LogP contribution in [-0.4, -0.2) is 38.3 Å². The van der Waals surface area contributed by atoms with Gasteiger partial charge < -0.3 is 9.84 Å². The second kappa shape index (κ2) is 7.78. The van der Waals surface area contributed by atoms with E-state index in [1.807, 2.05) is 19.1 Å². The first-order valence-corrected chi connectivity index (χ1v) is 11.0. The fourth-order valence-electron chi connectivity index (χ4n) is 3.86. The monoisotopic (exact) mass is 405 g/mol. The van der Waals surface area contributed by atoms with Gasteiger partial charge in [-0.25, -0.2) is 9.97 Å². The fraction of sp³-hybridized carbons (Fsp3) is 0.304. The lowest BCUT2D eigenvalue weighted by atomic mass is 9.99. The number of benzene rings is 2. The van der Waals surface area contributed by atoms with Crippen molar-refractivity contribution in [1.82, 2.24) is 14.5 Å². The minimum Gasteiger partial charge on any atom is -0.367 e. The summed E-state index contributed by atoms with van der Waals surface area (Å²) in [5, 5.41) is 13.4. The predicted molar refractivity (Wildman–Crippen MR) is 117 cm³/mol. The van der Waals surface area contributed by atoms with Crippen LogP contribution in [0, 0.1) is 0 Å². The zero-order valence-corrected chi connectivity index (χ0v) is 17.1. The van der Waals surface area contributed by atoms with E-state index in [9.17, 15) is 5.11 Å². The summed E-state index contributed by atoms with van der Waals surface area (Å²) in [6.07, 6.45) is 3.49. The number of hydrogen-bond donors (Lipinski definition) is 1. The van der Waals surface area contributed by atoms with E-state index in [0.29, 0.717) is 23.9 Å². The number of thioether (sulfide) groups is 1. The third kappa shape index (κ3) is 3.52. The Bertz CT molecular complexity index is 1170. The summed E-state index contributed by atoms with van der Waals surface area (Å²) in [6.45, 7) is 2.35. The second-order valence-electron chi connectivity index (χ2n) is 7.29. The molecule has 5 nitrogen and oxygen atoms in total. The number of aliphatic hydroxyl groups is 1. The Kier molecular flexibility index (Phi) is 4.99. The average molecular weight is 406 g/mol. The smallest absolute Gasteiger partial charge is 0.179 e. The maximum absolute atomic E-state index is 10.0. The molecule has 2 aromatic carbocycles. The summed E-state index contributed by atoms with van der Waals surface area (Å²) >= 11 is 1.48. The molecule has 1 unspecified atom stereocenters. The number of fused-ring (bicyclic) bond motifs is 2. The van der Waals surface area contributed by atoms with Crippen LogP contribution in [0.4, 0.5) is 0 Å². The number of hydrogen-bond acceptors (Lipinski definition) is 5. The third-order valence-corrected chi connectivity index (χ3v) is 6.29. The molecule has 2 aromatic heterocycles. The van der Waals surface area contributed by atoms with Gasteiger partial charge in [-0.3, -0.25) is 4.57 Å². The number of pyridine rings is 1. The summed E-state index contributed by atoms with van der Waals surface area (Å²) in [5.41, 5.74) is 4.20. The topological polar surface area (TPSA) is 60.2 Å². The van der Waals surface area contributed by atoms with Gasteiger partial charge in [0.05, 0.1) is 17.0 Å². The van der Waals surface area contributed by atoms with Crippen molar-refractivity contribution in [2.75, 3.05) is 12.4 Å². The average Bonchev–Trinajstić information content (AvgIpc) is 3.52. The first-order valence-electron chi connectivity index (χ1n) is 10.0. The quantitative estimate of drug-likeness (QED) is 0.350. The van der Waals surface area contributed by atoms with Crippen molar-refractivity contribution in [3.8, 4) is 5.69 Å². The van der Waals surface area contributed by atoms with Gasteiger partial charge in [-0.2, -0.15) is 0 Å². The molecular formula is C23H23N3O2S. The Hall–Kier alpha value is -2.41. The highest BCUT2D eigenvalue weighted by Gasteiger charge is 2.26. The number of imidazole rings is 1. The van der Waals surface area contributed by atoms with Gasteiger partial charge in [0, 0.05) is 18.2 Å². The third-order valence-electron chi connectivity index (χ3n) is 5.31. The van der Waals surface area contributed by atoms with E-state index in [4.69, 9.17) is 9.72 Å². The molecule has 1 N–H and O–H groups in total. The normalized spacial score (nSPS) is 15.2. The van der Waals surface area contributed by atoms with Gasteiger partial charge in [-0.15, -0.1) is 0 Å². The van der Waals surface area contributed by atoms with Crippen LogP contribution in [0.15, 0.2) is 59.9 Å². The molecule has 0 bridgehead atoms. The van der Waals surface area contributed by atoms with E-state index in [2.05, 4.69) is 45.9 Å². The van der Waals surface area contributed by atoms with E-state index in [1.165, 1.54) is 40.9 Å². The van der Waals surface area contributed by atoms with Gasteiger partial charge in [0.2, 0.25) is 0 Å². The van der Waals surface area contributed by atoms with Crippen LogP contribution in [0.2, 0.25) is 0 Å². The molecule has 0 aliphatic heterocycles. The Morgan fingerprint density at radius 3 is 2.76 bits per heavy atom. The van der Waals surface area contributed by atoms with Gasteiger partial charge in [0.1, 0.15) is 0 Å². The largest absolute Gasteiger partial charge is 0.367 e. The van der Waals surface area contributed by atoms with Crippen molar-refractivity contribution in [2.24, 2.45) is 0 Å². The van der Waals surface area contributed by atoms with Crippen LogP contribution in [0.3, 0.4) is 0 Å². The zero-order chi connectivity index (χ0) is 19.8. The van der Waals surface area contributed by atoms with Gasteiger partial charge in [-0.1, -0.05) is 42.1 Å². The highest BCUT2D eigenvalue weighted by Crippen LogP contribution is 2.44. The minimum absolute atomic E-state index is 0.412. The Labute approximate surface area is 173 Å². The van der Waals surface area contributed by atoms with Crippen LogP contribution in [-0.2, 0) is 4.74 Å². The molecule has 0 radical (unpaired) electrons. The predicted octanol–water partition coefficient (Wildman–Crippen LogP) is 4.90. The van der Waals surface area contributed by atoms with E-state index < -0.39 is 6.29 Å². The van der Waals surface area contributed by atoms with Gasteiger partial charge in [0.25, 0.3) is 0 Å². The first-order chi connectivity index (χ1) is 14.3. The van der Waals surface area contributed by atoms with Crippen molar-refractivity contribution in [2.45, 2.75) is 37.1 Å². The zero-order valence-electron chi connectivity index (χ0n) is 16.3. The summed E-state index contributed by atoms with van der Waals surface area (Å²) in [5.74, 6) is 1.10. The van der Waals surface area contributed by atoms with E-state index in [-0.39, 0.29) is 0 Å². The second-order valence-corrected chi connectivity index (χ2v) is 8.28. The molecule has 0 spiro atoms. The van der Waals surface area contributed by atoms with Crippen LogP contribution in [0.25, 0.3) is 27.6 Å². The molecule has 1 aliphatic carbocycles. The highest BCUT2D eigenvalue weighted by atomic mass is 32.2. The van der Waals surface area contributed by atoms with Crippen molar-refractivity contribution >= 4 is 33.7 Å². The Morgan fingerprint density at radius 2 is 1.97 bits per heavy atom. The number of aliphatic hydroxyl groups excluding tert-OH is 1. The Balaban J connectivity index is 1.66. The summed E-state index contributed by atoms with van der Waals surface area (Å²) < 4.78 is 7.44. The fourth-order valence-corrected chi connectivity index (χ4v) is 4.73. The van der Waals surface area contributed by atoms with Crippen molar-refractivity contribution < 1.29 is 9.84 Å². The van der Waals surface area contributed by atoms with Crippen molar-refractivity contribution in [3.05, 3.63) is 60.3 Å². The van der Waals surface area contributed by atoms with Crippen molar-refractivity contribution in [3.63, 3.8) is 0 Å². The van der Waals surface area contributed by atoms with Gasteiger partial charge in [0.15, 0.2) is 17.1 Å². The Morgan fingerprint density at radius 1 is 1.14 bits per heavy atom. The van der Waals surface area contributed by atoms with Crippen LogP contribution >= 0.6 is 11.8 Å². The molecule has 1 atom stereocenters. The molecule has 148 valence electrons. The minimum atomic E-state index is -0.819. The number of aromatic nitrogens is 3. The van der Waals surface area contributed by atoms with E-state index in [0.717, 1.165) is 16.4 Å². The molecule has 1 fully saturated rings. The van der Waals surface area contributed by atoms with Gasteiger partial charge >= 0.3 is 0 Å². The standard InChI is InChI=1S/C23H23N3O2S/c1-2-28-21(27)14-29-23-25-22-20(8-5-13-24-22)26(23)19-12-11-16(15-9-10-15)17-6-3-4-7-18(17)19/h3-8,11-13,15,21,27H,2,9-10,14H2,1H3. The molecule has 4 aromatic rings. The van der Waals surface area contributed by atoms with E-state index >= 15 is 0 Å². The lowest BCUT2D eigenvalue weighted by molar-refractivity contribution is -0.0765. The van der Waals surface area contributed by atoms with E-state index in [1.54, 1.807) is 6.20 Å². The lowest BCUT2D eigenvalue weighted by Crippen LogP contribution is -2.15. The molecule has 1 saturated carbocycles. The molecule has 1 aliphatic rings. The van der Waals surface area contributed by atoms with Crippen molar-refractivity contribution in [1.29, 1.82) is 0 Å². The lowest BCUT2D eigenvalue weighted by Gasteiger charge is -2.15. The summed E-state index contributed by atoms with van der Waals surface area (Å²) in [7, 11) is 0. The molecule has 2 heterocycles. The maximum atomic E-state index is 10.0. The number of nitrogens with zero attached hydrogens (tertiary/aromatic N) is 3. The molecule has 6 heteroatoms. The van der Waals surface area contributed by atoms with Crippen LogP contribution in [0.1, 0.15) is 31.2 Å². The number of rotatable bonds is 7. The molecular weight excluding hydrogens is 382 g/mol. The molecule has 0 saturated heterocycles. The first kappa shape index (κ1) is 18.6. The molecule has 5 rings (SSSR count). The number of ether oxygens (including phenoxy) is 1. The van der Waals surface area contributed by atoms with Crippen LogP contribution < -0.4 is 0 Å². The highest BCUT2D eigenvalue weighted by molar-refractivity contribution is 7.99. The molecule has 0 amide bonds. The molecule has 29 heavy (non-hydrogen) atoms. The summed E-state index contributed by atoms with van der Waals surface area (Å²) in [6, 6.07) is 17.0. The SMILES string of the molecule is CCOC(O)CSc1nc2ncccc2n1-c1ccc(C2CC2)c2ccccc12.